The Labute approximate surface area is 174 Å². The van der Waals surface area contributed by atoms with Crippen molar-refractivity contribution in [2.24, 2.45) is 0 Å². The van der Waals surface area contributed by atoms with E-state index in [1.54, 1.807) is 23.0 Å². The number of para-hydroxylation sites is 2. The third-order valence-electron chi connectivity index (χ3n) is 6.13. The number of nitrogens with zero attached hydrogens (tertiary/aromatic N) is 2. The van der Waals surface area contributed by atoms with E-state index in [2.05, 4.69) is 17.6 Å². The maximum Gasteiger partial charge on any atom is 0.246 e. The van der Waals surface area contributed by atoms with Gasteiger partial charge in [0.05, 0.1) is 7.11 Å². The minimum Gasteiger partial charge on any atom is -0.496 e. The Morgan fingerprint density at radius 3 is 2.73 bits per heavy atom. The Hall–Kier alpha value is -3.54. The molecular formula is C24H23N3O3. The SMILES string of the molecule is C=CCN1CC(=O)N2C(Cc3c([nH]c4ccccc34)C2c2ccccc2OC)C1=O. The van der Waals surface area contributed by atoms with Gasteiger partial charge in [0.25, 0.3) is 0 Å². The molecule has 30 heavy (non-hydrogen) atoms. The van der Waals surface area contributed by atoms with Crippen molar-refractivity contribution in [3.8, 4) is 5.75 Å². The highest BCUT2D eigenvalue weighted by Gasteiger charge is 2.48. The highest BCUT2D eigenvalue weighted by Crippen LogP contribution is 2.44. The number of piperazine rings is 1. The van der Waals surface area contributed by atoms with Gasteiger partial charge in [-0.3, -0.25) is 9.59 Å². The summed E-state index contributed by atoms with van der Waals surface area (Å²) in [6.07, 6.45) is 2.15. The Bertz CT molecular complexity index is 1170. The number of carbonyl (C=O) groups excluding carboxylic acids is 2. The second-order valence-corrected chi connectivity index (χ2v) is 7.74. The number of aromatic amines is 1. The Morgan fingerprint density at radius 1 is 1.17 bits per heavy atom. The van der Waals surface area contributed by atoms with Crippen LogP contribution in [0.2, 0.25) is 0 Å². The summed E-state index contributed by atoms with van der Waals surface area (Å²) in [5.41, 5.74) is 3.92. The van der Waals surface area contributed by atoms with Crippen LogP contribution >= 0.6 is 0 Å². The van der Waals surface area contributed by atoms with Crippen molar-refractivity contribution in [3.63, 3.8) is 0 Å². The number of H-pyrrole nitrogens is 1. The van der Waals surface area contributed by atoms with E-state index in [-0.39, 0.29) is 18.4 Å². The number of benzene rings is 2. The number of rotatable bonds is 4. The average molecular weight is 401 g/mol. The quantitative estimate of drug-likeness (QED) is 0.684. The number of ether oxygens (including phenoxy) is 1. The van der Waals surface area contributed by atoms with Gasteiger partial charge in [0.15, 0.2) is 0 Å². The van der Waals surface area contributed by atoms with Crippen molar-refractivity contribution < 1.29 is 14.3 Å². The van der Waals surface area contributed by atoms with Crippen LogP contribution in [-0.2, 0) is 16.0 Å². The van der Waals surface area contributed by atoms with Crippen LogP contribution in [0, 0.1) is 0 Å². The lowest BCUT2D eigenvalue weighted by molar-refractivity contribution is -0.158. The van der Waals surface area contributed by atoms with Gasteiger partial charge in [-0.05, 0) is 17.7 Å². The first kappa shape index (κ1) is 18.5. The van der Waals surface area contributed by atoms with Crippen molar-refractivity contribution in [2.75, 3.05) is 20.2 Å². The second kappa shape index (κ2) is 7.06. The van der Waals surface area contributed by atoms with E-state index in [1.807, 2.05) is 42.5 Å². The van der Waals surface area contributed by atoms with Crippen molar-refractivity contribution in [3.05, 3.63) is 78.0 Å². The van der Waals surface area contributed by atoms with Gasteiger partial charge < -0.3 is 19.5 Å². The van der Waals surface area contributed by atoms with E-state index < -0.39 is 12.1 Å². The topological polar surface area (TPSA) is 65.6 Å². The molecule has 0 saturated carbocycles. The van der Waals surface area contributed by atoms with Gasteiger partial charge in [-0.25, -0.2) is 0 Å². The van der Waals surface area contributed by atoms with Gasteiger partial charge in [-0.15, -0.1) is 6.58 Å². The molecular weight excluding hydrogens is 378 g/mol. The lowest BCUT2D eigenvalue weighted by Crippen LogP contribution is -2.63. The summed E-state index contributed by atoms with van der Waals surface area (Å²) in [7, 11) is 1.63. The largest absolute Gasteiger partial charge is 0.496 e. The van der Waals surface area contributed by atoms with E-state index in [0.29, 0.717) is 18.7 Å². The monoisotopic (exact) mass is 401 g/mol. The molecule has 0 radical (unpaired) electrons. The summed E-state index contributed by atoms with van der Waals surface area (Å²) in [5.74, 6) is 0.591. The lowest BCUT2D eigenvalue weighted by atomic mass is 9.86. The van der Waals surface area contributed by atoms with Crippen molar-refractivity contribution in [1.29, 1.82) is 0 Å². The summed E-state index contributed by atoms with van der Waals surface area (Å²) >= 11 is 0. The first-order chi connectivity index (χ1) is 14.6. The highest BCUT2D eigenvalue weighted by molar-refractivity contribution is 5.97. The molecule has 3 aromatic rings. The van der Waals surface area contributed by atoms with Crippen LogP contribution in [0.15, 0.2) is 61.2 Å². The fourth-order valence-corrected chi connectivity index (χ4v) is 4.85. The first-order valence-electron chi connectivity index (χ1n) is 10.1. The minimum absolute atomic E-state index is 0.0367. The van der Waals surface area contributed by atoms with Gasteiger partial charge in [-0.1, -0.05) is 42.5 Å². The normalized spacial score (nSPS) is 20.8. The van der Waals surface area contributed by atoms with E-state index in [4.69, 9.17) is 4.74 Å². The molecule has 6 nitrogen and oxygen atoms in total. The second-order valence-electron chi connectivity index (χ2n) is 7.74. The number of methoxy groups -OCH3 is 1. The molecule has 2 amide bonds. The van der Waals surface area contributed by atoms with E-state index in [0.717, 1.165) is 27.7 Å². The molecule has 2 aliphatic rings. The molecule has 0 aliphatic carbocycles. The zero-order chi connectivity index (χ0) is 20.8. The lowest BCUT2D eigenvalue weighted by Gasteiger charge is -2.47. The number of aromatic nitrogens is 1. The van der Waals surface area contributed by atoms with E-state index in [1.165, 1.54) is 0 Å². The summed E-state index contributed by atoms with van der Waals surface area (Å²) in [6, 6.07) is 14.8. The summed E-state index contributed by atoms with van der Waals surface area (Å²) in [5, 5.41) is 1.09. The number of hydrogen-bond donors (Lipinski definition) is 1. The summed E-state index contributed by atoms with van der Waals surface area (Å²) in [4.78, 5) is 33.5. The smallest absolute Gasteiger partial charge is 0.246 e. The van der Waals surface area contributed by atoms with Gasteiger partial charge in [0, 0.05) is 35.1 Å². The summed E-state index contributed by atoms with van der Waals surface area (Å²) < 4.78 is 5.63. The fraction of sp³-hybridized carbons (Fsp3) is 0.250. The van der Waals surface area contributed by atoms with Crippen LogP contribution < -0.4 is 4.74 Å². The summed E-state index contributed by atoms with van der Waals surface area (Å²) in [6.45, 7) is 4.16. The Balaban J connectivity index is 1.74. The predicted octanol–water partition coefficient (Wildman–Crippen LogP) is 3.05. The molecule has 152 valence electrons. The molecule has 2 aromatic carbocycles. The molecule has 2 atom stereocenters. The van der Waals surface area contributed by atoms with Gasteiger partial charge in [0.2, 0.25) is 11.8 Å². The fourth-order valence-electron chi connectivity index (χ4n) is 4.85. The highest BCUT2D eigenvalue weighted by atomic mass is 16.5. The van der Waals surface area contributed by atoms with Gasteiger partial charge >= 0.3 is 0 Å². The molecule has 2 unspecified atom stereocenters. The Kier molecular flexibility index (Phi) is 4.35. The third-order valence-corrected chi connectivity index (χ3v) is 6.13. The zero-order valence-electron chi connectivity index (χ0n) is 16.8. The van der Waals surface area contributed by atoms with Crippen molar-refractivity contribution >= 4 is 22.7 Å². The molecule has 1 fully saturated rings. The van der Waals surface area contributed by atoms with Gasteiger partial charge in [-0.2, -0.15) is 0 Å². The third kappa shape index (κ3) is 2.64. The number of amides is 2. The van der Waals surface area contributed by atoms with Crippen LogP contribution in [0.4, 0.5) is 0 Å². The van der Waals surface area contributed by atoms with Gasteiger partial charge in [0.1, 0.15) is 24.4 Å². The molecule has 1 N–H and O–H groups in total. The molecule has 1 saturated heterocycles. The molecule has 0 spiro atoms. The van der Waals surface area contributed by atoms with Crippen LogP contribution in [0.1, 0.15) is 22.9 Å². The molecule has 6 heteroatoms. The van der Waals surface area contributed by atoms with Crippen LogP contribution in [0.25, 0.3) is 10.9 Å². The van der Waals surface area contributed by atoms with Crippen LogP contribution in [0.3, 0.4) is 0 Å². The number of carbonyl (C=O) groups is 2. The molecule has 1 aromatic heterocycles. The predicted molar refractivity (Wildman–Crippen MR) is 114 cm³/mol. The number of nitrogens with one attached hydrogen (secondary N) is 1. The minimum atomic E-state index is -0.548. The molecule has 2 aliphatic heterocycles. The molecule has 0 bridgehead atoms. The maximum absolute atomic E-state index is 13.3. The zero-order valence-corrected chi connectivity index (χ0v) is 16.8. The van der Waals surface area contributed by atoms with E-state index >= 15 is 0 Å². The first-order valence-corrected chi connectivity index (χ1v) is 10.1. The Morgan fingerprint density at radius 2 is 1.93 bits per heavy atom. The van der Waals surface area contributed by atoms with Crippen molar-refractivity contribution in [1.82, 2.24) is 14.8 Å². The number of hydrogen-bond acceptors (Lipinski definition) is 3. The molecule has 3 heterocycles. The van der Waals surface area contributed by atoms with Crippen LogP contribution in [0.5, 0.6) is 5.75 Å². The van der Waals surface area contributed by atoms with Crippen LogP contribution in [-0.4, -0.2) is 52.8 Å². The standard InChI is InChI=1S/C24H23N3O3/c1-3-12-26-14-21(28)27-19(24(26)29)13-17-15-8-4-6-10-18(15)25-22(17)23(27)16-9-5-7-11-20(16)30-2/h3-11,19,23,25H,1,12-14H2,2H3. The molecule has 5 rings (SSSR count). The number of fused-ring (bicyclic) bond motifs is 4. The maximum atomic E-state index is 13.3. The van der Waals surface area contributed by atoms with Crippen molar-refractivity contribution in [2.45, 2.75) is 18.5 Å². The average Bonchev–Trinajstić information content (AvgIpc) is 3.14. The van der Waals surface area contributed by atoms with E-state index in [9.17, 15) is 9.59 Å².